The summed E-state index contributed by atoms with van der Waals surface area (Å²) in [7, 11) is 0. The lowest BCUT2D eigenvalue weighted by atomic mass is 10.0. The molecular weight excluding hydrogens is 112 g/mol. The average molecular weight is 126 g/mol. The second-order valence-corrected chi connectivity index (χ2v) is 3.06. The zero-order valence-electron chi connectivity index (χ0n) is 5.97. The van der Waals surface area contributed by atoms with Crippen LogP contribution in [0.3, 0.4) is 0 Å². The van der Waals surface area contributed by atoms with E-state index in [4.69, 9.17) is 0 Å². The summed E-state index contributed by atoms with van der Waals surface area (Å²) < 4.78 is 0. The highest BCUT2D eigenvalue weighted by atomic mass is 16.1. The number of hydrogen-bond acceptors (Lipinski definition) is 1. The predicted molar refractivity (Wildman–Crippen MR) is 37.2 cm³/mol. The molecule has 1 heteroatoms. The van der Waals surface area contributed by atoms with Crippen molar-refractivity contribution in [2.75, 3.05) is 0 Å². The van der Waals surface area contributed by atoms with Gasteiger partial charge < -0.3 is 4.79 Å². The van der Waals surface area contributed by atoms with Gasteiger partial charge in [0, 0.05) is 6.42 Å². The fraction of sp³-hybridized carbons (Fsp3) is 0.875. The van der Waals surface area contributed by atoms with Gasteiger partial charge in [-0.15, -0.1) is 0 Å². The van der Waals surface area contributed by atoms with Gasteiger partial charge in [-0.3, -0.25) is 0 Å². The van der Waals surface area contributed by atoms with Crippen LogP contribution in [-0.4, -0.2) is 6.29 Å². The summed E-state index contributed by atoms with van der Waals surface area (Å²) in [5.41, 5.74) is 0. The highest BCUT2D eigenvalue weighted by Gasteiger charge is 2.26. The third kappa shape index (κ3) is 2.17. The number of carbonyl (C=O) groups excluding carboxylic acids is 1. The monoisotopic (exact) mass is 126 g/mol. The van der Waals surface area contributed by atoms with Crippen LogP contribution in [0.5, 0.6) is 0 Å². The van der Waals surface area contributed by atoms with Crippen LogP contribution in [0.2, 0.25) is 0 Å². The molecule has 0 heterocycles. The standard InChI is InChI=1S/C8H14O/c1-7(3-2-6-9)8-4-5-8/h6-8H,2-5H2,1H3. The Kier molecular flexibility index (Phi) is 2.26. The molecular formula is C8H14O. The Hall–Kier alpha value is -0.330. The van der Waals surface area contributed by atoms with Crippen LogP contribution >= 0.6 is 0 Å². The lowest BCUT2D eigenvalue weighted by molar-refractivity contribution is -0.108. The summed E-state index contributed by atoms with van der Waals surface area (Å²) in [6.07, 6.45) is 5.70. The Bertz CT molecular complexity index is 94.7. The smallest absolute Gasteiger partial charge is 0.120 e. The molecule has 1 unspecified atom stereocenters. The highest BCUT2D eigenvalue weighted by molar-refractivity contribution is 5.49. The van der Waals surface area contributed by atoms with Crippen molar-refractivity contribution in [3.05, 3.63) is 0 Å². The lowest BCUT2D eigenvalue weighted by Crippen LogP contribution is -1.96. The third-order valence-corrected chi connectivity index (χ3v) is 2.17. The molecule has 0 amide bonds. The summed E-state index contributed by atoms with van der Waals surface area (Å²) in [4.78, 5) is 9.95. The molecule has 1 saturated carbocycles. The first-order valence-electron chi connectivity index (χ1n) is 3.78. The van der Waals surface area contributed by atoms with Crippen molar-refractivity contribution in [3.8, 4) is 0 Å². The fourth-order valence-corrected chi connectivity index (χ4v) is 1.23. The predicted octanol–water partition coefficient (Wildman–Crippen LogP) is 2.01. The van der Waals surface area contributed by atoms with E-state index in [0.717, 1.165) is 31.0 Å². The molecule has 0 aromatic heterocycles. The Morgan fingerprint density at radius 2 is 2.33 bits per heavy atom. The van der Waals surface area contributed by atoms with Crippen molar-refractivity contribution in [1.82, 2.24) is 0 Å². The van der Waals surface area contributed by atoms with E-state index >= 15 is 0 Å². The lowest BCUT2D eigenvalue weighted by Gasteiger charge is -2.04. The quantitative estimate of drug-likeness (QED) is 0.526. The molecule has 1 aliphatic carbocycles. The van der Waals surface area contributed by atoms with Crippen LogP contribution in [0.15, 0.2) is 0 Å². The minimum absolute atomic E-state index is 0.762. The number of rotatable bonds is 4. The number of carbonyl (C=O) groups is 1. The largest absolute Gasteiger partial charge is 0.303 e. The van der Waals surface area contributed by atoms with Crippen LogP contribution in [0, 0.1) is 11.8 Å². The van der Waals surface area contributed by atoms with Crippen molar-refractivity contribution in [1.29, 1.82) is 0 Å². The van der Waals surface area contributed by atoms with Crippen molar-refractivity contribution in [3.63, 3.8) is 0 Å². The Labute approximate surface area is 56.4 Å². The van der Waals surface area contributed by atoms with Crippen LogP contribution in [0.4, 0.5) is 0 Å². The topological polar surface area (TPSA) is 17.1 Å². The van der Waals surface area contributed by atoms with Crippen molar-refractivity contribution >= 4 is 6.29 Å². The molecule has 0 saturated heterocycles. The normalized spacial score (nSPS) is 21.4. The van der Waals surface area contributed by atoms with Gasteiger partial charge >= 0.3 is 0 Å². The van der Waals surface area contributed by atoms with E-state index < -0.39 is 0 Å². The van der Waals surface area contributed by atoms with Gasteiger partial charge in [0.2, 0.25) is 0 Å². The molecule has 1 atom stereocenters. The maximum atomic E-state index is 9.95. The molecule has 1 aliphatic rings. The Balaban J connectivity index is 2.02. The van der Waals surface area contributed by atoms with Crippen LogP contribution in [-0.2, 0) is 4.79 Å². The minimum atomic E-state index is 0.762. The second kappa shape index (κ2) is 3.00. The molecule has 52 valence electrons. The summed E-state index contributed by atoms with van der Waals surface area (Å²) in [6.45, 7) is 2.25. The van der Waals surface area contributed by atoms with Gasteiger partial charge in [-0.1, -0.05) is 6.92 Å². The first-order chi connectivity index (χ1) is 4.34. The maximum absolute atomic E-state index is 9.95. The molecule has 1 rings (SSSR count). The van der Waals surface area contributed by atoms with Crippen molar-refractivity contribution < 1.29 is 4.79 Å². The van der Waals surface area contributed by atoms with Crippen molar-refractivity contribution in [2.45, 2.75) is 32.6 Å². The number of hydrogen-bond donors (Lipinski definition) is 0. The molecule has 0 radical (unpaired) electrons. The van der Waals surface area contributed by atoms with Gasteiger partial charge in [0.1, 0.15) is 6.29 Å². The molecule has 0 aromatic carbocycles. The summed E-state index contributed by atoms with van der Waals surface area (Å²) in [6, 6.07) is 0. The van der Waals surface area contributed by atoms with Gasteiger partial charge in [-0.25, -0.2) is 0 Å². The van der Waals surface area contributed by atoms with Gasteiger partial charge in [0.05, 0.1) is 0 Å². The second-order valence-electron chi connectivity index (χ2n) is 3.06. The van der Waals surface area contributed by atoms with Crippen molar-refractivity contribution in [2.24, 2.45) is 11.8 Å². The van der Waals surface area contributed by atoms with E-state index in [0.29, 0.717) is 0 Å². The molecule has 0 aromatic rings. The Morgan fingerprint density at radius 1 is 1.67 bits per heavy atom. The van der Waals surface area contributed by atoms with Crippen LogP contribution in [0.1, 0.15) is 32.6 Å². The molecule has 0 bridgehead atoms. The average Bonchev–Trinajstić information content (AvgIpc) is 2.63. The number of aldehydes is 1. The molecule has 1 nitrogen and oxygen atoms in total. The molecule has 0 N–H and O–H groups in total. The van der Waals surface area contributed by atoms with Gasteiger partial charge in [0.25, 0.3) is 0 Å². The molecule has 1 fully saturated rings. The van der Waals surface area contributed by atoms with E-state index in [1.807, 2.05) is 0 Å². The van der Waals surface area contributed by atoms with Gasteiger partial charge in [-0.05, 0) is 31.1 Å². The fourth-order valence-electron chi connectivity index (χ4n) is 1.23. The third-order valence-electron chi connectivity index (χ3n) is 2.17. The maximum Gasteiger partial charge on any atom is 0.120 e. The minimum Gasteiger partial charge on any atom is -0.303 e. The van der Waals surface area contributed by atoms with E-state index in [9.17, 15) is 4.79 Å². The Morgan fingerprint density at radius 3 is 2.78 bits per heavy atom. The van der Waals surface area contributed by atoms with E-state index in [1.54, 1.807) is 0 Å². The molecule has 0 aliphatic heterocycles. The molecule has 9 heavy (non-hydrogen) atoms. The summed E-state index contributed by atoms with van der Waals surface area (Å²) in [5.74, 6) is 1.76. The van der Waals surface area contributed by atoms with Crippen LogP contribution in [0.25, 0.3) is 0 Å². The first kappa shape index (κ1) is 6.79. The van der Waals surface area contributed by atoms with E-state index in [1.165, 1.54) is 12.8 Å². The van der Waals surface area contributed by atoms with Gasteiger partial charge in [0.15, 0.2) is 0 Å². The first-order valence-corrected chi connectivity index (χ1v) is 3.78. The highest BCUT2D eigenvalue weighted by Crippen LogP contribution is 2.38. The van der Waals surface area contributed by atoms with Gasteiger partial charge in [-0.2, -0.15) is 0 Å². The SMILES string of the molecule is CC(CCC=O)C1CC1. The molecule has 0 spiro atoms. The zero-order valence-corrected chi connectivity index (χ0v) is 5.97. The zero-order chi connectivity index (χ0) is 6.69. The van der Waals surface area contributed by atoms with Crippen LogP contribution < -0.4 is 0 Å². The van der Waals surface area contributed by atoms with E-state index in [2.05, 4.69) is 6.92 Å². The van der Waals surface area contributed by atoms with E-state index in [-0.39, 0.29) is 0 Å². The summed E-state index contributed by atoms with van der Waals surface area (Å²) >= 11 is 0. The summed E-state index contributed by atoms with van der Waals surface area (Å²) in [5, 5.41) is 0.